The highest BCUT2D eigenvalue weighted by atomic mass is 79.9. The minimum absolute atomic E-state index is 0.498. The Morgan fingerprint density at radius 2 is 1.25 bits per heavy atom. The second-order valence-electron chi connectivity index (χ2n) is 5.44. The third-order valence-corrected chi connectivity index (χ3v) is 5.09. The van der Waals surface area contributed by atoms with E-state index in [-0.39, 0.29) is 0 Å². The SMILES string of the molecule is BrC1CCCCC1OC1CCCCCCC1. The van der Waals surface area contributed by atoms with Crippen LogP contribution in [0.25, 0.3) is 0 Å². The van der Waals surface area contributed by atoms with Crippen LogP contribution in [0.4, 0.5) is 0 Å². The highest BCUT2D eigenvalue weighted by Crippen LogP contribution is 2.30. The molecule has 0 aromatic heterocycles. The van der Waals surface area contributed by atoms with Gasteiger partial charge in [-0.2, -0.15) is 0 Å². The van der Waals surface area contributed by atoms with Gasteiger partial charge in [-0.15, -0.1) is 0 Å². The molecule has 2 fully saturated rings. The van der Waals surface area contributed by atoms with Gasteiger partial charge >= 0.3 is 0 Å². The lowest BCUT2D eigenvalue weighted by Crippen LogP contribution is -2.32. The van der Waals surface area contributed by atoms with E-state index in [9.17, 15) is 0 Å². The molecule has 0 spiro atoms. The highest BCUT2D eigenvalue weighted by Gasteiger charge is 2.26. The van der Waals surface area contributed by atoms with Crippen LogP contribution >= 0.6 is 15.9 Å². The number of alkyl halides is 1. The molecule has 2 aliphatic rings. The molecule has 0 N–H and O–H groups in total. The maximum Gasteiger partial charge on any atom is 0.0703 e. The first kappa shape index (κ1) is 12.9. The summed E-state index contributed by atoms with van der Waals surface area (Å²) in [6.45, 7) is 0. The fraction of sp³-hybridized carbons (Fsp3) is 1.00. The Bertz CT molecular complexity index is 187. The Morgan fingerprint density at radius 3 is 1.94 bits per heavy atom. The van der Waals surface area contributed by atoms with Gasteiger partial charge in [0.05, 0.1) is 12.2 Å². The van der Waals surface area contributed by atoms with E-state index < -0.39 is 0 Å². The number of ether oxygens (including phenoxy) is 1. The zero-order chi connectivity index (χ0) is 11.2. The topological polar surface area (TPSA) is 9.23 Å². The quantitative estimate of drug-likeness (QED) is 0.662. The minimum Gasteiger partial charge on any atom is -0.374 e. The summed E-state index contributed by atoms with van der Waals surface area (Å²) < 4.78 is 6.33. The molecule has 94 valence electrons. The second-order valence-corrected chi connectivity index (χ2v) is 6.62. The summed E-state index contributed by atoms with van der Waals surface area (Å²) in [5, 5.41) is 0. The van der Waals surface area contributed by atoms with Gasteiger partial charge in [0.1, 0.15) is 0 Å². The molecule has 2 rings (SSSR count). The van der Waals surface area contributed by atoms with Crippen LogP contribution in [0.1, 0.15) is 70.6 Å². The summed E-state index contributed by atoms with van der Waals surface area (Å²) >= 11 is 3.79. The van der Waals surface area contributed by atoms with Crippen molar-refractivity contribution in [3.63, 3.8) is 0 Å². The standard InChI is InChI=1S/C14H25BrO/c15-13-10-6-7-11-14(13)16-12-8-4-2-1-3-5-9-12/h12-14H,1-11H2. The molecule has 2 unspecified atom stereocenters. The van der Waals surface area contributed by atoms with Crippen LogP contribution in [-0.4, -0.2) is 17.0 Å². The van der Waals surface area contributed by atoms with Gasteiger partial charge in [0.2, 0.25) is 0 Å². The lowest BCUT2D eigenvalue weighted by molar-refractivity contribution is -0.0360. The predicted molar refractivity (Wildman–Crippen MR) is 72.2 cm³/mol. The fourth-order valence-electron chi connectivity index (χ4n) is 3.01. The van der Waals surface area contributed by atoms with Crippen LogP contribution in [0.5, 0.6) is 0 Å². The Hall–Kier alpha value is 0.440. The van der Waals surface area contributed by atoms with Crippen molar-refractivity contribution in [3.05, 3.63) is 0 Å². The first-order valence-electron chi connectivity index (χ1n) is 7.16. The summed E-state index contributed by atoms with van der Waals surface area (Å²) in [6, 6.07) is 0. The van der Waals surface area contributed by atoms with E-state index in [0.29, 0.717) is 17.0 Å². The summed E-state index contributed by atoms with van der Waals surface area (Å²) in [5.41, 5.74) is 0. The van der Waals surface area contributed by atoms with Crippen molar-refractivity contribution >= 4 is 15.9 Å². The molecule has 16 heavy (non-hydrogen) atoms. The van der Waals surface area contributed by atoms with E-state index in [1.807, 2.05) is 0 Å². The molecule has 2 atom stereocenters. The molecule has 0 aromatic rings. The van der Waals surface area contributed by atoms with Gasteiger partial charge in [-0.05, 0) is 25.7 Å². The van der Waals surface area contributed by atoms with Crippen molar-refractivity contribution < 1.29 is 4.74 Å². The van der Waals surface area contributed by atoms with Crippen LogP contribution < -0.4 is 0 Å². The Morgan fingerprint density at radius 1 is 0.688 bits per heavy atom. The van der Waals surface area contributed by atoms with Gasteiger partial charge < -0.3 is 4.74 Å². The molecule has 0 aromatic carbocycles. The lowest BCUT2D eigenvalue weighted by Gasteiger charge is -2.32. The highest BCUT2D eigenvalue weighted by molar-refractivity contribution is 9.09. The zero-order valence-electron chi connectivity index (χ0n) is 10.3. The van der Waals surface area contributed by atoms with E-state index in [1.54, 1.807) is 0 Å². The molecule has 0 saturated heterocycles. The summed E-state index contributed by atoms with van der Waals surface area (Å²) in [7, 11) is 0. The normalized spacial score (nSPS) is 34.3. The van der Waals surface area contributed by atoms with Crippen molar-refractivity contribution in [1.82, 2.24) is 0 Å². The summed E-state index contributed by atoms with van der Waals surface area (Å²) in [6.07, 6.45) is 16.0. The Labute approximate surface area is 108 Å². The van der Waals surface area contributed by atoms with Gasteiger partial charge in [-0.1, -0.05) is 60.9 Å². The molecule has 2 saturated carbocycles. The van der Waals surface area contributed by atoms with Crippen LogP contribution in [0.3, 0.4) is 0 Å². The minimum atomic E-state index is 0.498. The summed E-state index contributed by atoms with van der Waals surface area (Å²) in [4.78, 5) is 0.617. The third-order valence-electron chi connectivity index (χ3n) is 4.04. The van der Waals surface area contributed by atoms with E-state index in [4.69, 9.17) is 4.74 Å². The smallest absolute Gasteiger partial charge is 0.0703 e. The van der Waals surface area contributed by atoms with Crippen LogP contribution in [-0.2, 0) is 4.74 Å². The van der Waals surface area contributed by atoms with E-state index in [2.05, 4.69) is 15.9 Å². The van der Waals surface area contributed by atoms with E-state index in [1.165, 1.54) is 70.6 Å². The molecule has 2 aliphatic carbocycles. The molecule has 0 amide bonds. The maximum absolute atomic E-state index is 6.33. The first-order chi connectivity index (χ1) is 7.86. The Balaban J connectivity index is 1.77. The van der Waals surface area contributed by atoms with Crippen molar-refractivity contribution in [2.24, 2.45) is 0 Å². The van der Waals surface area contributed by atoms with Gasteiger partial charge in [0, 0.05) is 4.83 Å². The molecule has 2 heteroatoms. The molecule has 0 aliphatic heterocycles. The molecule has 0 heterocycles. The zero-order valence-corrected chi connectivity index (χ0v) is 11.9. The average molecular weight is 289 g/mol. The number of rotatable bonds is 2. The number of halogens is 1. The van der Waals surface area contributed by atoms with Gasteiger partial charge in [-0.3, -0.25) is 0 Å². The average Bonchev–Trinajstić information content (AvgIpc) is 2.24. The molecule has 1 nitrogen and oxygen atoms in total. The number of hydrogen-bond acceptors (Lipinski definition) is 1. The third kappa shape index (κ3) is 4.03. The van der Waals surface area contributed by atoms with Crippen LogP contribution in [0.15, 0.2) is 0 Å². The van der Waals surface area contributed by atoms with Crippen molar-refractivity contribution in [3.8, 4) is 0 Å². The summed E-state index contributed by atoms with van der Waals surface area (Å²) in [5.74, 6) is 0. The molecular formula is C14H25BrO. The maximum atomic E-state index is 6.33. The molecular weight excluding hydrogens is 264 g/mol. The lowest BCUT2D eigenvalue weighted by atomic mass is 9.95. The largest absolute Gasteiger partial charge is 0.374 e. The monoisotopic (exact) mass is 288 g/mol. The van der Waals surface area contributed by atoms with Gasteiger partial charge in [0.15, 0.2) is 0 Å². The van der Waals surface area contributed by atoms with E-state index >= 15 is 0 Å². The number of hydrogen-bond donors (Lipinski definition) is 0. The molecule has 0 bridgehead atoms. The van der Waals surface area contributed by atoms with E-state index in [0.717, 1.165) is 0 Å². The van der Waals surface area contributed by atoms with Crippen molar-refractivity contribution in [2.45, 2.75) is 87.7 Å². The van der Waals surface area contributed by atoms with Gasteiger partial charge in [-0.25, -0.2) is 0 Å². The Kier molecular flexibility index (Phi) is 5.64. The first-order valence-corrected chi connectivity index (χ1v) is 8.07. The van der Waals surface area contributed by atoms with Crippen molar-refractivity contribution in [2.75, 3.05) is 0 Å². The second kappa shape index (κ2) is 7.00. The molecule has 0 radical (unpaired) electrons. The van der Waals surface area contributed by atoms with Crippen molar-refractivity contribution in [1.29, 1.82) is 0 Å². The fourth-order valence-corrected chi connectivity index (χ4v) is 3.72. The predicted octanol–water partition coefficient (Wildman–Crippen LogP) is 4.82. The van der Waals surface area contributed by atoms with Crippen LogP contribution in [0, 0.1) is 0 Å². The van der Waals surface area contributed by atoms with Crippen LogP contribution in [0.2, 0.25) is 0 Å². The van der Waals surface area contributed by atoms with Gasteiger partial charge in [0.25, 0.3) is 0 Å².